The summed E-state index contributed by atoms with van der Waals surface area (Å²) < 4.78 is 5.23. The van der Waals surface area contributed by atoms with Gasteiger partial charge in [-0.15, -0.1) is 0 Å². The molecule has 0 aliphatic carbocycles. The van der Waals surface area contributed by atoms with Crippen LogP contribution in [0.15, 0.2) is 42.6 Å². The third kappa shape index (κ3) is 4.48. The first kappa shape index (κ1) is 15.4. The molecule has 0 atom stereocenters. The van der Waals surface area contributed by atoms with Gasteiger partial charge in [-0.25, -0.2) is 4.98 Å². The SMILES string of the molecule is COc1cccc(CCNc2ccc(C(C)(C)C)cn2)c1. The first-order valence-corrected chi connectivity index (χ1v) is 7.32. The molecule has 0 saturated heterocycles. The Morgan fingerprint density at radius 1 is 1.14 bits per heavy atom. The highest BCUT2D eigenvalue weighted by molar-refractivity contribution is 5.37. The van der Waals surface area contributed by atoms with Crippen LogP contribution in [0.4, 0.5) is 5.82 Å². The summed E-state index contributed by atoms with van der Waals surface area (Å²) in [5.74, 6) is 1.83. The fraction of sp³-hybridized carbons (Fsp3) is 0.389. The standard InChI is InChI=1S/C18H24N2O/c1-18(2,3)15-8-9-17(20-13-15)19-11-10-14-6-5-7-16(12-14)21-4/h5-9,12-13H,10-11H2,1-4H3,(H,19,20). The van der Waals surface area contributed by atoms with Crippen LogP contribution in [-0.4, -0.2) is 18.6 Å². The molecular formula is C18H24N2O. The zero-order valence-corrected chi connectivity index (χ0v) is 13.3. The molecule has 0 spiro atoms. The van der Waals surface area contributed by atoms with Crippen molar-refractivity contribution >= 4 is 5.82 Å². The van der Waals surface area contributed by atoms with E-state index in [0.717, 1.165) is 24.5 Å². The van der Waals surface area contributed by atoms with Crippen LogP contribution in [0.5, 0.6) is 5.75 Å². The molecule has 0 fully saturated rings. The number of anilines is 1. The third-order valence-electron chi connectivity index (χ3n) is 3.48. The van der Waals surface area contributed by atoms with Gasteiger partial charge in [-0.05, 0) is 41.2 Å². The number of hydrogen-bond acceptors (Lipinski definition) is 3. The highest BCUT2D eigenvalue weighted by atomic mass is 16.5. The van der Waals surface area contributed by atoms with E-state index in [1.165, 1.54) is 11.1 Å². The zero-order valence-electron chi connectivity index (χ0n) is 13.3. The third-order valence-corrected chi connectivity index (χ3v) is 3.48. The Labute approximate surface area is 127 Å². The van der Waals surface area contributed by atoms with Crippen LogP contribution in [0.1, 0.15) is 31.9 Å². The minimum atomic E-state index is 0.145. The van der Waals surface area contributed by atoms with E-state index in [1.54, 1.807) is 7.11 Å². The minimum absolute atomic E-state index is 0.145. The van der Waals surface area contributed by atoms with Gasteiger partial charge < -0.3 is 10.1 Å². The van der Waals surface area contributed by atoms with E-state index in [9.17, 15) is 0 Å². The Balaban J connectivity index is 1.88. The lowest BCUT2D eigenvalue weighted by molar-refractivity contribution is 0.414. The van der Waals surface area contributed by atoms with E-state index in [0.29, 0.717) is 0 Å². The highest BCUT2D eigenvalue weighted by Crippen LogP contribution is 2.21. The summed E-state index contributed by atoms with van der Waals surface area (Å²) in [6.45, 7) is 7.44. The Morgan fingerprint density at radius 2 is 1.95 bits per heavy atom. The fourth-order valence-electron chi connectivity index (χ4n) is 2.10. The summed E-state index contributed by atoms with van der Waals surface area (Å²) in [6.07, 6.45) is 2.90. The lowest BCUT2D eigenvalue weighted by atomic mass is 9.88. The van der Waals surface area contributed by atoms with Gasteiger partial charge >= 0.3 is 0 Å². The summed E-state index contributed by atoms with van der Waals surface area (Å²) in [5.41, 5.74) is 2.65. The van der Waals surface area contributed by atoms with E-state index in [-0.39, 0.29) is 5.41 Å². The summed E-state index contributed by atoms with van der Waals surface area (Å²) in [7, 11) is 1.69. The molecule has 1 aromatic carbocycles. The molecule has 112 valence electrons. The fourth-order valence-corrected chi connectivity index (χ4v) is 2.10. The summed E-state index contributed by atoms with van der Waals surface area (Å²) in [5, 5.41) is 3.36. The molecule has 1 aromatic heterocycles. The molecule has 2 rings (SSSR count). The number of rotatable bonds is 5. The van der Waals surface area contributed by atoms with Crippen molar-refractivity contribution in [2.24, 2.45) is 0 Å². The molecule has 2 aromatic rings. The van der Waals surface area contributed by atoms with Crippen molar-refractivity contribution in [1.82, 2.24) is 4.98 Å². The lowest BCUT2D eigenvalue weighted by Crippen LogP contribution is -2.12. The number of methoxy groups -OCH3 is 1. The molecular weight excluding hydrogens is 260 g/mol. The molecule has 0 unspecified atom stereocenters. The van der Waals surface area contributed by atoms with Crippen molar-refractivity contribution in [1.29, 1.82) is 0 Å². The van der Waals surface area contributed by atoms with Crippen molar-refractivity contribution < 1.29 is 4.74 Å². The van der Waals surface area contributed by atoms with Gasteiger partial charge in [0.25, 0.3) is 0 Å². The van der Waals surface area contributed by atoms with Crippen LogP contribution in [0.25, 0.3) is 0 Å². The molecule has 0 aliphatic heterocycles. The molecule has 0 radical (unpaired) electrons. The smallest absolute Gasteiger partial charge is 0.125 e. The largest absolute Gasteiger partial charge is 0.497 e. The Kier molecular flexibility index (Phi) is 4.84. The molecule has 0 saturated carbocycles. The van der Waals surface area contributed by atoms with Crippen molar-refractivity contribution in [3.8, 4) is 5.75 Å². The molecule has 21 heavy (non-hydrogen) atoms. The van der Waals surface area contributed by atoms with Crippen molar-refractivity contribution in [2.45, 2.75) is 32.6 Å². The number of benzene rings is 1. The van der Waals surface area contributed by atoms with Gasteiger partial charge in [0.2, 0.25) is 0 Å². The van der Waals surface area contributed by atoms with Crippen molar-refractivity contribution in [3.05, 3.63) is 53.7 Å². The summed E-state index contributed by atoms with van der Waals surface area (Å²) in [4.78, 5) is 4.47. The van der Waals surface area contributed by atoms with Crippen LogP contribution in [0, 0.1) is 0 Å². The maximum absolute atomic E-state index is 5.23. The van der Waals surface area contributed by atoms with Crippen molar-refractivity contribution in [3.63, 3.8) is 0 Å². The van der Waals surface area contributed by atoms with Crippen LogP contribution < -0.4 is 10.1 Å². The van der Waals surface area contributed by atoms with Gasteiger partial charge in [-0.1, -0.05) is 39.0 Å². The van der Waals surface area contributed by atoms with E-state index < -0.39 is 0 Å². The second-order valence-electron chi connectivity index (χ2n) is 6.21. The van der Waals surface area contributed by atoms with E-state index >= 15 is 0 Å². The number of hydrogen-bond donors (Lipinski definition) is 1. The number of nitrogens with zero attached hydrogens (tertiary/aromatic N) is 1. The predicted octanol–water partition coefficient (Wildman–Crippen LogP) is 4.04. The topological polar surface area (TPSA) is 34.1 Å². The first-order chi connectivity index (χ1) is 9.99. The highest BCUT2D eigenvalue weighted by Gasteiger charge is 2.13. The van der Waals surface area contributed by atoms with Crippen LogP contribution >= 0.6 is 0 Å². The second-order valence-corrected chi connectivity index (χ2v) is 6.21. The Morgan fingerprint density at radius 3 is 2.57 bits per heavy atom. The maximum atomic E-state index is 5.23. The number of ether oxygens (including phenoxy) is 1. The Bertz CT molecular complexity index is 571. The average Bonchev–Trinajstić information content (AvgIpc) is 2.47. The Hall–Kier alpha value is -2.03. The van der Waals surface area contributed by atoms with Gasteiger partial charge in [0, 0.05) is 12.7 Å². The number of pyridine rings is 1. The van der Waals surface area contributed by atoms with Crippen molar-refractivity contribution in [2.75, 3.05) is 19.0 Å². The summed E-state index contributed by atoms with van der Waals surface area (Å²) in [6, 6.07) is 12.3. The molecule has 3 nitrogen and oxygen atoms in total. The molecule has 0 bridgehead atoms. The van der Waals surface area contributed by atoms with E-state index in [4.69, 9.17) is 4.74 Å². The molecule has 3 heteroatoms. The van der Waals surface area contributed by atoms with Crippen LogP contribution in [0.2, 0.25) is 0 Å². The molecule has 0 amide bonds. The summed E-state index contributed by atoms with van der Waals surface area (Å²) >= 11 is 0. The van der Waals surface area contributed by atoms with Crippen LogP contribution in [0.3, 0.4) is 0 Å². The maximum Gasteiger partial charge on any atom is 0.125 e. The van der Waals surface area contributed by atoms with Gasteiger partial charge in [-0.2, -0.15) is 0 Å². The normalized spacial score (nSPS) is 11.2. The molecule has 1 N–H and O–H groups in total. The number of nitrogens with one attached hydrogen (secondary N) is 1. The van der Waals surface area contributed by atoms with Gasteiger partial charge in [0.05, 0.1) is 7.11 Å². The average molecular weight is 284 g/mol. The van der Waals surface area contributed by atoms with E-state index in [1.807, 2.05) is 24.4 Å². The van der Waals surface area contributed by atoms with Gasteiger partial charge in [0.15, 0.2) is 0 Å². The quantitative estimate of drug-likeness (QED) is 0.899. The second kappa shape index (κ2) is 6.61. The monoisotopic (exact) mass is 284 g/mol. The minimum Gasteiger partial charge on any atom is -0.497 e. The lowest BCUT2D eigenvalue weighted by Gasteiger charge is -2.18. The number of aromatic nitrogens is 1. The predicted molar refractivity (Wildman–Crippen MR) is 88.1 cm³/mol. The molecule has 0 aliphatic rings. The van der Waals surface area contributed by atoms with E-state index in [2.05, 4.69) is 49.3 Å². The molecule has 1 heterocycles. The van der Waals surface area contributed by atoms with Crippen LogP contribution in [-0.2, 0) is 11.8 Å². The van der Waals surface area contributed by atoms with Gasteiger partial charge in [-0.3, -0.25) is 0 Å². The first-order valence-electron chi connectivity index (χ1n) is 7.32. The zero-order chi connectivity index (χ0) is 15.3. The van der Waals surface area contributed by atoms with Gasteiger partial charge in [0.1, 0.15) is 11.6 Å².